The first-order valence-corrected chi connectivity index (χ1v) is 6.36. The number of nitrogens with one attached hydrogen (secondary N) is 1. The monoisotopic (exact) mass is 353 g/mol. The van der Waals surface area contributed by atoms with Crippen molar-refractivity contribution < 1.29 is 22.7 Å². The third-order valence-electron chi connectivity index (χ3n) is 3.29. The van der Waals surface area contributed by atoms with Crippen LogP contribution in [0.5, 0.6) is 0 Å². The number of rotatable bonds is 2. The van der Waals surface area contributed by atoms with Gasteiger partial charge < -0.3 is 15.0 Å². The molecule has 126 valence electrons. The number of hydrogen-bond donors (Lipinski definition) is 1. The number of hydrogen-bond acceptors (Lipinski definition) is 4. The number of amides is 1. The number of nitrogens with zero attached hydrogens (tertiary/aromatic N) is 2. The maximum absolute atomic E-state index is 12.2. The molecule has 0 aromatic rings. The third kappa shape index (κ3) is 6.56. The van der Waals surface area contributed by atoms with Crippen LogP contribution in [-0.2, 0) is 9.53 Å². The summed E-state index contributed by atoms with van der Waals surface area (Å²) in [7, 11) is 0. The second-order valence-electron chi connectivity index (χ2n) is 4.78. The zero-order valence-electron chi connectivity index (χ0n) is 11.4. The number of alkyl halides is 3. The van der Waals surface area contributed by atoms with E-state index in [2.05, 4.69) is 5.32 Å². The van der Waals surface area contributed by atoms with Crippen molar-refractivity contribution in [3.8, 4) is 0 Å². The summed E-state index contributed by atoms with van der Waals surface area (Å²) in [5.41, 5.74) is 0. The van der Waals surface area contributed by atoms with Gasteiger partial charge in [-0.1, -0.05) is 0 Å². The summed E-state index contributed by atoms with van der Waals surface area (Å²) in [6.07, 6.45) is -4.68. The van der Waals surface area contributed by atoms with Crippen molar-refractivity contribution in [1.29, 1.82) is 0 Å². The van der Waals surface area contributed by atoms with Gasteiger partial charge in [-0.25, -0.2) is 0 Å². The largest absolute Gasteiger partial charge is 0.401 e. The van der Waals surface area contributed by atoms with Gasteiger partial charge in [-0.2, -0.15) is 13.2 Å². The summed E-state index contributed by atoms with van der Waals surface area (Å²) in [4.78, 5) is 15.0. The van der Waals surface area contributed by atoms with Crippen LogP contribution in [0.15, 0.2) is 0 Å². The van der Waals surface area contributed by atoms with Gasteiger partial charge in [-0.05, 0) is 0 Å². The molecule has 1 amide bonds. The average Bonchev–Trinajstić information content (AvgIpc) is 2.38. The van der Waals surface area contributed by atoms with Gasteiger partial charge >= 0.3 is 6.18 Å². The molecule has 2 saturated heterocycles. The van der Waals surface area contributed by atoms with E-state index in [9.17, 15) is 18.0 Å². The van der Waals surface area contributed by atoms with Gasteiger partial charge in [0, 0.05) is 39.3 Å². The number of halogens is 5. The Bertz CT molecular complexity index is 320. The van der Waals surface area contributed by atoms with Gasteiger partial charge in [0.1, 0.15) is 6.10 Å². The van der Waals surface area contributed by atoms with Crippen molar-refractivity contribution >= 4 is 30.7 Å². The van der Waals surface area contributed by atoms with Crippen LogP contribution in [0.25, 0.3) is 0 Å². The van der Waals surface area contributed by atoms with Crippen molar-refractivity contribution in [3.63, 3.8) is 0 Å². The molecule has 2 rings (SSSR count). The van der Waals surface area contributed by atoms with Crippen molar-refractivity contribution in [2.45, 2.75) is 12.3 Å². The van der Waals surface area contributed by atoms with Gasteiger partial charge in [0.05, 0.1) is 13.2 Å². The lowest BCUT2D eigenvalue weighted by Gasteiger charge is -2.37. The minimum Gasteiger partial charge on any atom is -0.366 e. The lowest BCUT2D eigenvalue weighted by atomic mass is 10.2. The van der Waals surface area contributed by atoms with E-state index in [1.54, 1.807) is 4.90 Å². The van der Waals surface area contributed by atoms with E-state index >= 15 is 0 Å². The summed E-state index contributed by atoms with van der Waals surface area (Å²) in [6.45, 7) is 1.95. The number of morpholine rings is 1. The van der Waals surface area contributed by atoms with E-state index in [0.717, 1.165) is 6.54 Å². The Morgan fingerprint density at radius 3 is 2.29 bits per heavy atom. The van der Waals surface area contributed by atoms with Crippen molar-refractivity contribution in [3.05, 3.63) is 0 Å². The quantitative estimate of drug-likeness (QED) is 0.786. The van der Waals surface area contributed by atoms with Crippen LogP contribution in [0, 0.1) is 0 Å². The maximum Gasteiger partial charge on any atom is 0.401 e. The summed E-state index contributed by atoms with van der Waals surface area (Å²) in [5.74, 6) is -0.126. The van der Waals surface area contributed by atoms with Crippen molar-refractivity contribution in [2.75, 3.05) is 52.4 Å². The molecule has 1 atom stereocenters. The molecule has 2 aliphatic heterocycles. The Morgan fingerprint density at radius 1 is 1.19 bits per heavy atom. The summed E-state index contributed by atoms with van der Waals surface area (Å²) in [6, 6.07) is 0. The molecule has 2 fully saturated rings. The zero-order valence-corrected chi connectivity index (χ0v) is 13.0. The molecule has 0 aromatic heterocycles. The first kappa shape index (κ1) is 20.7. The van der Waals surface area contributed by atoms with Gasteiger partial charge in [-0.15, -0.1) is 24.8 Å². The van der Waals surface area contributed by atoms with Crippen LogP contribution in [0.3, 0.4) is 0 Å². The number of carbonyl (C=O) groups excluding carboxylic acids is 1. The highest BCUT2D eigenvalue weighted by atomic mass is 35.5. The van der Waals surface area contributed by atoms with Crippen LogP contribution in [0.1, 0.15) is 0 Å². The van der Waals surface area contributed by atoms with Crippen LogP contribution in [-0.4, -0.2) is 80.4 Å². The number of ether oxygens (including phenoxy) is 1. The fourth-order valence-corrected chi connectivity index (χ4v) is 2.31. The van der Waals surface area contributed by atoms with Gasteiger partial charge in [-0.3, -0.25) is 9.69 Å². The topological polar surface area (TPSA) is 44.8 Å². The molecular weight excluding hydrogens is 334 g/mol. The maximum atomic E-state index is 12.2. The summed E-state index contributed by atoms with van der Waals surface area (Å²) in [5, 5.41) is 3.06. The van der Waals surface area contributed by atoms with Crippen LogP contribution in [0.2, 0.25) is 0 Å². The summed E-state index contributed by atoms with van der Waals surface area (Å²) >= 11 is 0. The minimum atomic E-state index is -4.18. The minimum absolute atomic E-state index is 0. The normalized spacial score (nSPS) is 24.0. The first-order valence-electron chi connectivity index (χ1n) is 6.36. The first-order chi connectivity index (χ1) is 8.96. The van der Waals surface area contributed by atoms with E-state index in [1.807, 2.05) is 0 Å². The van der Waals surface area contributed by atoms with E-state index in [-0.39, 0.29) is 43.8 Å². The van der Waals surface area contributed by atoms with Crippen molar-refractivity contribution in [1.82, 2.24) is 15.1 Å². The Morgan fingerprint density at radius 2 is 1.81 bits per heavy atom. The van der Waals surface area contributed by atoms with E-state index in [0.29, 0.717) is 26.2 Å². The molecule has 0 saturated carbocycles. The highest BCUT2D eigenvalue weighted by Crippen LogP contribution is 2.17. The average molecular weight is 354 g/mol. The molecule has 21 heavy (non-hydrogen) atoms. The number of piperazine rings is 1. The molecule has 1 unspecified atom stereocenters. The molecule has 2 heterocycles. The van der Waals surface area contributed by atoms with Crippen LogP contribution in [0.4, 0.5) is 13.2 Å². The SMILES string of the molecule is Cl.Cl.O=C(C1CNCCO1)N1CCN(CC(F)(F)F)CC1. The Balaban J connectivity index is 0.00000200. The molecule has 10 heteroatoms. The number of carbonyl (C=O) groups is 1. The molecule has 0 bridgehead atoms. The highest BCUT2D eigenvalue weighted by molar-refractivity contribution is 5.85. The molecule has 0 aliphatic carbocycles. The van der Waals surface area contributed by atoms with E-state index < -0.39 is 18.8 Å². The van der Waals surface area contributed by atoms with Gasteiger partial charge in [0.2, 0.25) is 0 Å². The molecule has 0 aromatic carbocycles. The Kier molecular flexibility index (Phi) is 8.87. The molecule has 0 spiro atoms. The van der Waals surface area contributed by atoms with E-state index in [1.165, 1.54) is 4.90 Å². The van der Waals surface area contributed by atoms with Crippen LogP contribution < -0.4 is 5.32 Å². The highest BCUT2D eigenvalue weighted by Gasteiger charge is 2.34. The smallest absolute Gasteiger partial charge is 0.366 e. The Labute approximate surface area is 134 Å². The molecule has 5 nitrogen and oxygen atoms in total. The van der Waals surface area contributed by atoms with Gasteiger partial charge in [0.25, 0.3) is 5.91 Å². The van der Waals surface area contributed by atoms with Crippen LogP contribution >= 0.6 is 24.8 Å². The molecule has 1 N–H and O–H groups in total. The fraction of sp³-hybridized carbons (Fsp3) is 0.909. The molecule has 0 radical (unpaired) electrons. The third-order valence-corrected chi connectivity index (χ3v) is 3.29. The lowest BCUT2D eigenvalue weighted by molar-refractivity contribution is -0.156. The second-order valence-corrected chi connectivity index (χ2v) is 4.78. The van der Waals surface area contributed by atoms with Gasteiger partial charge in [0.15, 0.2) is 0 Å². The predicted molar refractivity (Wildman–Crippen MR) is 76.2 cm³/mol. The van der Waals surface area contributed by atoms with Crippen molar-refractivity contribution in [2.24, 2.45) is 0 Å². The fourth-order valence-electron chi connectivity index (χ4n) is 2.31. The predicted octanol–water partition coefficient (Wildman–Crippen LogP) is 0.525. The molecule has 2 aliphatic rings. The standard InChI is InChI=1S/C11H18F3N3O2.2ClH/c12-11(13,14)8-16-2-4-17(5-3-16)10(18)9-7-15-1-6-19-9;;/h9,15H,1-8H2;2*1H. The Hall–Kier alpha value is -0.280. The zero-order chi connectivity index (χ0) is 13.9. The van der Waals surface area contributed by atoms with E-state index in [4.69, 9.17) is 4.74 Å². The lowest BCUT2D eigenvalue weighted by Crippen LogP contribution is -2.56. The summed E-state index contributed by atoms with van der Waals surface area (Å²) < 4.78 is 42.1. The second kappa shape index (κ2) is 8.99. The molecular formula is C11H20Cl2F3N3O2.